The van der Waals surface area contributed by atoms with Gasteiger partial charge in [0.25, 0.3) is 0 Å². The highest BCUT2D eigenvalue weighted by Gasteiger charge is 2.52. The van der Waals surface area contributed by atoms with Crippen LogP contribution in [0.5, 0.6) is 0 Å². The predicted octanol–water partition coefficient (Wildman–Crippen LogP) is 2.87. The maximum absolute atomic E-state index is 11.7. The summed E-state index contributed by atoms with van der Waals surface area (Å²) in [7, 11) is 0.752. The third-order valence-corrected chi connectivity index (χ3v) is 4.09. The Morgan fingerprint density at radius 1 is 1.10 bits per heavy atom. The maximum Gasteiger partial charge on any atom is 0.495 e. The fourth-order valence-corrected chi connectivity index (χ4v) is 2.07. The largest absolute Gasteiger partial charge is 0.495 e. The SMILES string of the molecule is COC(=O)/C=C(/B1OC(C)(C)C(C)(C)O1)c1ccccc1. The van der Waals surface area contributed by atoms with Crippen molar-refractivity contribution in [2.45, 2.75) is 38.9 Å². The van der Waals surface area contributed by atoms with Crippen LogP contribution < -0.4 is 0 Å². The van der Waals surface area contributed by atoms with Crippen molar-refractivity contribution in [1.82, 2.24) is 0 Å². The Morgan fingerprint density at radius 3 is 2.10 bits per heavy atom. The second-order valence-electron chi connectivity index (χ2n) is 6.08. The van der Waals surface area contributed by atoms with Gasteiger partial charge in [0.1, 0.15) is 0 Å². The summed E-state index contributed by atoms with van der Waals surface area (Å²) in [6.45, 7) is 7.92. The number of rotatable bonds is 3. The average Bonchev–Trinajstić information content (AvgIpc) is 2.65. The standard InChI is InChI=1S/C16H21BO4/c1-15(2)16(3,4)21-17(20-15)13(11-14(18)19-5)12-9-7-6-8-10-12/h6-11H,1-5H3/b13-11+. The molecule has 0 N–H and O–H groups in total. The molecule has 0 radical (unpaired) electrons. The number of hydrogen-bond donors (Lipinski definition) is 0. The summed E-state index contributed by atoms with van der Waals surface area (Å²) in [5.41, 5.74) is 0.631. The van der Waals surface area contributed by atoms with Crippen molar-refractivity contribution in [3.05, 3.63) is 42.0 Å². The molecule has 1 saturated heterocycles. The first kappa shape index (κ1) is 15.8. The molecule has 1 aliphatic rings. The molecule has 0 spiro atoms. The number of hydrogen-bond acceptors (Lipinski definition) is 4. The lowest BCUT2D eigenvalue weighted by molar-refractivity contribution is -0.134. The normalized spacial score (nSPS) is 20.4. The second-order valence-corrected chi connectivity index (χ2v) is 6.08. The molecule has 1 aromatic carbocycles. The molecule has 1 aromatic rings. The van der Waals surface area contributed by atoms with Gasteiger partial charge in [0.2, 0.25) is 0 Å². The van der Waals surface area contributed by atoms with Gasteiger partial charge in [0.05, 0.1) is 18.3 Å². The monoisotopic (exact) mass is 288 g/mol. The van der Waals surface area contributed by atoms with Gasteiger partial charge in [-0.2, -0.15) is 0 Å². The molecule has 2 rings (SSSR count). The highest BCUT2D eigenvalue weighted by atomic mass is 16.7. The van der Waals surface area contributed by atoms with E-state index in [0.717, 1.165) is 5.56 Å². The molecule has 0 aliphatic carbocycles. The molecule has 5 heteroatoms. The molecule has 1 heterocycles. The Hall–Kier alpha value is -1.59. The molecule has 1 fully saturated rings. The molecular formula is C16H21BO4. The molecular weight excluding hydrogens is 267 g/mol. The molecule has 0 amide bonds. The third kappa shape index (κ3) is 3.19. The zero-order chi connectivity index (χ0) is 15.7. The first-order valence-electron chi connectivity index (χ1n) is 6.97. The maximum atomic E-state index is 11.7. The van der Waals surface area contributed by atoms with Crippen molar-refractivity contribution in [2.24, 2.45) is 0 Å². The van der Waals surface area contributed by atoms with Gasteiger partial charge < -0.3 is 14.0 Å². The van der Waals surface area contributed by atoms with E-state index in [9.17, 15) is 4.79 Å². The van der Waals surface area contributed by atoms with E-state index in [1.165, 1.54) is 13.2 Å². The van der Waals surface area contributed by atoms with Crippen LogP contribution in [0.3, 0.4) is 0 Å². The van der Waals surface area contributed by atoms with Crippen LogP contribution in [0.25, 0.3) is 5.47 Å². The van der Waals surface area contributed by atoms with E-state index < -0.39 is 24.3 Å². The number of benzene rings is 1. The van der Waals surface area contributed by atoms with Crippen LogP contribution >= 0.6 is 0 Å². The fourth-order valence-electron chi connectivity index (χ4n) is 2.07. The summed E-state index contributed by atoms with van der Waals surface area (Å²) >= 11 is 0. The van der Waals surface area contributed by atoms with Gasteiger partial charge in [-0.15, -0.1) is 0 Å². The van der Waals surface area contributed by atoms with Crippen molar-refractivity contribution in [1.29, 1.82) is 0 Å². The van der Waals surface area contributed by atoms with Gasteiger partial charge in [-0.3, -0.25) is 0 Å². The fraction of sp³-hybridized carbons (Fsp3) is 0.438. The molecule has 112 valence electrons. The van der Waals surface area contributed by atoms with E-state index >= 15 is 0 Å². The van der Waals surface area contributed by atoms with Crippen LogP contribution in [-0.4, -0.2) is 31.4 Å². The van der Waals surface area contributed by atoms with Gasteiger partial charge in [-0.05, 0) is 38.7 Å². The van der Waals surface area contributed by atoms with Crippen molar-refractivity contribution in [3.63, 3.8) is 0 Å². The Balaban J connectivity index is 2.39. The lowest BCUT2D eigenvalue weighted by Gasteiger charge is -2.32. The van der Waals surface area contributed by atoms with E-state index in [1.807, 2.05) is 58.0 Å². The number of carbonyl (C=O) groups excluding carboxylic acids is 1. The highest BCUT2D eigenvalue weighted by molar-refractivity contribution is 6.69. The molecule has 1 aliphatic heterocycles. The molecule has 0 bridgehead atoms. The molecule has 0 saturated carbocycles. The molecule has 0 atom stereocenters. The predicted molar refractivity (Wildman–Crippen MR) is 82.5 cm³/mol. The third-order valence-electron chi connectivity index (χ3n) is 4.09. The Morgan fingerprint density at radius 2 is 1.62 bits per heavy atom. The van der Waals surface area contributed by atoms with Gasteiger partial charge in [0, 0.05) is 6.08 Å². The topological polar surface area (TPSA) is 44.8 Å². The minimum Gasteiger partial charge on any atom is -0.466 e. The van der Waals surface area contributed by atoms with Crippen molar-refractivity contribution in [3.8, 4) is 0 Å². The van der Waals surface area contributed by atoms with Crippen LogP contribution in [0, 0.1) is 0 Å². The lowest BCUT2D eigenvalue weighted by atomic mass is 9.74. The lowest BCUT2D eigenvalue weighted by Crippen LogP contribution is -2.41. The Kier molecular flexibility index (Phi) is 4.26. The summed E-state index contributed by atoms with van der Waals surface area (Å²) in [4.78, 5) is 11.7. The van der Waals surface area contributed by atoms with Crippen LogP contribution in [0.1, 0.15) is 33.3 Å². The minimum absolute atomic E-state index is 0.427. The molecule has 21 heavy (non-hydrogen) atoms. The number of methoxy groups -OCH3 is 1. The van der Waals surface area contributed by atoms with Crippen molar-refractivity contribution >= 4 is 18.6 Å². The average molecular weight is 288 g/mol. The van der Waals surface area contributed by atoms with Crippen LogP contribution in [0.15, 0.2) is 36.4 Å². The van der Waals surface area contributed by atoms with Gasteiger partial charge in [-0.25, -0.2) is 4.79 Å². The van der Waals surface area contributed by atoms with Crippen molar-refractivity contribution < 1.29 is 18.8 Å². The highest BCUT2D eigenvalue weighted by Crippen LogP contribution is 2.40. The van der Waals surface area contributed by atoms with Gasteiger partial charge >= 0.3 is 13.1 Å². The quantitative estimate of drug-likeness (QED) is 0.487. The van der Waals surface area contributed by atoms with Gasteiger partial charge in [-0.1, -0.05) is 30.3 Å². The first-order chi connectivity index (χ1) is 9.77. The number of ether oxygens (including phenoxy) is 1. The molecule has 0 unspecified atom stereocenters. The minimum atomic E-state index is -0.600. The van der Waals surface area contributed by atoms with Crippen LogP contribution in [-0.2, 0) is 18.8 Å². The van der Waals surface area contributed by atoms with E-state index in [-0.39, 0.29) is 0 Å². The Bertz CT molecular complexity index is 533. The van der Waals surface area contributed by atoms with Crippen LogP contribution in [0.4, 0.5) is 0 Å². The summed E-state index contributed by atoms with van der Waals surface area (Å²) in [6.07, 6.45) is 1.43. The molecule has 4 nitrogen and oxygen atoms in total. The van der Waals surface area contributed by atoms with Crippen LogP contribution in [0.2, 0.25) is 0 Å². The number of carbonyl (C=O) groups is 1. The summed E-state index contributed by atoms with van der Waals surface area (Å²) in [5, 5.41) is 0. The second kappa shape index (κ2) is 5.66. The van der Waals surface area contributed by atoms with E-state index in [4.69, 9.17) is 14.0 Å². The van der Waals surface area contributed by atoms with E-state index in [1.54, 1.807) is 0 Å². The Labute approximate surface area is 126 Å². The summed E-state index contributed by atoms with van der Waals surface area (Å²) in [5.74, 6) is -0.427. The van der Waals surface area contributed by atoms with E-state index in [0.29, 0.717) is 5.47 Å². The first-order valence-corrected chi connectivity index (χ1v) is 6.97. The molecule has 0 aromatic heterocycles. The van der Waals surface area contributed by atoms with Crippen molar-refractivity contribution in [2.75, 3.05) is 7.11 Å². The zero-order valence-corrected chi connectivity index (χ0v) is 13.2. The van der Waals surface area contributed by atoms with E-state index in [2.05, 4.69) is 0 Å². The van der Waals surface area contributed by atoms with Gasteiger partial charge in [0.15, 0.2) is 0 Å². The summed E-state index contributed by atoms with van der Waals surface area (Å²) < 4.78 is 16.8. The summed E-state index contributed by atoms with van der Waals surface area (Å²) in [6, 6.07) is 9.57. The number of esters is 1. The zero-order valence-electron chi connectivity index (χ0n) is 13.2. The smallest absolute Gasteiger partial charge is 0.466 e.